The van der Waals surface area contributed by atoms with Crippen LogP contribution in [0.25, 0.3) is 11.4 Å². The van der Waals surface area contributed by atoms with E-state index in [4.69, 9.17) is 0 Å². The smallest absolute Gasteiger partial charge is 0.139 e. The molecule has 0 radical (unpaired) electrons. The molecule has 3 rings (SSSR count). The highest BCUT2D eigenvalue weighted by Crippen LogP contribution is 2.46. The van der Waals surface area contributed by atoms with Crippen molar-refractivity contribution in [3.63, 3.8) is 0 Å². The predicted molar refractivity (Wildman–Crippen MR) is 89.6 cm³/mol. The zero-order chi connectivity index (χ0) is 13.8. The average Bonchev–Trinajstić information content (AvgIpc) is 3.16. The van der Waals surface area contributed by atoms with Gasteiger partial charge in [0.25, 0.3) is 0 Å². The van der Waals surface area contributed by atoms with E-state index in [2.05, 4.69) is 57.8 Å². The van der Waals surface area contributed by atoms with Crippen LogP contribution in [0.3, 0.4) is 0 Å². The molecule has 0 aliphatic carbocycles. The molecule has 0 N–H and O–H groups in total. The second kappa shape index (κ2) is 6.55. The Morgan fingerprint density at radius 1 is 1.15 bits per heavy atom. The van der Waals surface area contributed by atoms with Crippen LogP contribution in [0.15, 0.2) is 47.5 Å². The fraction of sp³-hybridized carbons (Fsp3) is 0.312. The summed E-state index contributed by atoms with van der Waals surface area (Å²) in [5, 5.41) is 4.33. The van der Waals surface area contributed by atoms with Crippen molar-refractivity contribution in [2.45, 2.75) is 30.9 Å². The van der Waals surface area contributed by atoms with E-state index in [1.807, 2.05) is 29.7 Å². The zero-order valence-electron chi connectivity index (χ0n) is 11.5. The number of unbranched alkanes of at least 4 members (excludes halogenated alkanes) is 1. The van der Waals surface area contributed by atoms with E-state index < -0.39 is 0 Å². The van der Waals surface area contributed by atoms with Crippen molar-refractivity contribution in [1.29, 1.82) is 0 Å². The number of hydrogen-bond donors (Lipinski definition) is 0. The van der Waals surface area contributed by atoms with Crippen molar-refractivity contribution < 1.29 is 0 Å². The number of nitrogens with zero attached hydrogens (tertiary/aromatic N) is 2. The van der Waals surface area contributed by atoms with Gasteiger partial charge in [-0.2, -0.15) is 0 Å². The summed E-state index contributed by atoms with van der Waals surface area (Å²) >= 11 is 3.75. The van der Waals surface area contributed by atoms with Gasteiger partial charge in [-0.1, -0.05) is 37.6 Å². The Hall–Kier alpha value is -1.13. The normalized spacial score (nSPS) is 15.1. The Kier molecular flexibility index (Phi) is 4.53. The predicted octanol–water partition coefficient (Wildman–Crippen LogP) is 5.30. The van der Waals surface area contributed by atoms with Gasteiger partial charge in [0.1, 0.15) is 5.82 Å². The van der Waals surface area contributed by atoms with Crippen molar-refractivity contribution >= 4 is 23.5 Å². The third-order valence-electron chi connectivity index (χ3n) is 3.37. The van der Waals surface area contributed by atoms with Crippen LogP contribution in [0.2, 0.25) is 0 Å². The molecule has 1 aromatic heterocycles. The van der Waals surface area contributed by atoms with Gasteiger partial charge >= 0.3 is 0 Å². The molecule has 0 saturated heterocycles. The molecular formula is C16H18N2S2. The van der Waals surface area contributed by atoms with Gasteiger partial charge in [0.15, 0.2) is 0 Å². The van der Waals surface area contributed by atoms with Crippen molar-refractivity contribution in [2.75, 3.05) is 0 Å². The largest absolute Gasteiger partial charge is 0.331 e. The van der Waals surface area contributed by atoms with E-state index in [1.165, 1.54) is 24.0 Å². The molecule has 1 aromatic carbocycles. The van der Waals surface area contributed by atoms with Crippen LogP contribution < -0.4 is 0 Å². The van der Waals surface area contributed by atoms with E-state index in [9.17, 15) is 0 Å². The Labute approximate surface area is 128 Å². The number of benzene rings is 1. The molecular weight excluding hydrogens is 284 g/mol. The van der Waals surface area contributed by atoms with Crippen molar-refractivity contribution in [3.05, 3.63) is 53.0 Å². The average molecular weight is 302 g/mol. The molecule has 1 aliphatic heterocycles. The fourth-order valence-corrected chi connectivity index (χ4v) is 4.33. The van der Waals surface area contributed by atoms with E-state index >= 15 is 0 Å². The molecule has 20 heavy (non-hydrogen) atoms. The molecule has 0 saturated carbocycles. The number of rotatable bonds is 5. The van der Waals surface area contributed by atoms with Crippen molar-refractivity contribution in [2.24, 2.45) is 0 Å². The van der Waals surface area contributed by atoms with Crippen molar-refractivity contribution in [1.82, 2.24) is 9.55 Å². The third-order valence-corrected chi connectivity index (χ3v) is 5.83. The van der Waals surface area contributed by atoms with E-state index in [0.29, 0.717) is 4.58 Å². The third kappa shape index (κ3) is 2.96. The van der Waals surface area contributed by atoms with Crippen LogP contribution >= 0.6 is 23.5 Å². The summed E-state index contributed by atoms with van der Waals surface area (Å²) in [6.45, 7) is 3.27. The number of aryl methyl sites for hydroxylation is 1. The first-order chi connectivity index (χ1) is 9.88. The summed E-state index contributed by atoms with van der Waals surface area (Å²) in [5.41, 5.74) is 2.58. The SMILES string of the molecule is CCCCn1ccnc1-c1ccc(C2SC=CS2)cc1. The minimum atomic E-state index is 0.517. The summed E-state index contributed by atoms with van der Waals surface area (Å²) in [5.74, 6) is 1.08. The molecule has 2 aromatic rings. The first-order valence-electron chi connectivity index (χ1n) is 6.96. The molecule has 2 heterocycles. The number of imidazole rings is 1. The molecule has 0 unspecified atom stereocenters. The van der Waals surface area contributed by atoms with Crippen molar-refractivity contribution in [3.8, 4) is 11.4 Å². The first-order valence-corrected chi connectivity index (χ1v) is 8.84. The monoisotopic (exact) mass is 302 g/mol. The van der Waals surface area contributed by atoms with Gasteiger partial charge in [0.05, 0.1) is 4.58 Å². The Morgan fingerprint density at radius 3 is 2.60 bits per heavy atom. The first kappa shape index (κ1) is 13.8. The minimum absolute atomic E-state index is 0.517. The Balaban J connectivity index is 1.78. The lowest BCUT2D eigenvalue weighted by molar-refractivity contribution is 0.637. The summed E-state index contributed by atoms with van der Waals surface area (Å²) in [6, 6.07) is 8.84. The Bertz CT molecular complexity index is 579. The quantitative estimate of drug-likeness (QED) is 0.746. The van der Waals surface area contributed by atoms with Crippen LogP contribution in [0.4, 0.5) is 0 Å². The molecule has 0 fully saturated rings. The van der Waals surface area contributed by atoms with E-state index in [1.54, 1.807) is 0 Å². The lowest BCUT2D eigenvalue weighted by atomic mass is 10.1. The maximum Gasteiger partial charge on any atom is 0.139 e. The highest BCUT2D eigenvalue weighted by atomic mass is 32.2. The van der Waals surface area contributed by atoms with Crippen LogP contribution in [0, 0.1) is 0 Å². The van der Waals surface area contributed by atoms with Gasteiger partial charge in [0.2, 0.25) is 0 Å². The summed E-state index contributed by atoms with van der Waals surface area (Å²) < 4.78 is 2.77. The maximum atomic E-state index is 4.51. The van der Waals surface area contributed by atoms with Gasteiger partial charge in [-0.25, -0.2) is 4.98 Å². The molecule has 2 nitrogen and oxygen atoms in total. The molecule has 0 atom stereocenters. The van der Waals surface area contributed by atoms with Gasteiger partial charge in [-0.15, -0.1) is 23.5 Å². The maximum absolute atomic E-state index is 4.51. The van der Waals surface area contributed by atoms with Gasteiger partial charge in [0, 0.05) is 24.5 Å². The van der Waals surface area contributed by atoms with E-state index in [-0.39, 0.29) is 0 Å². The Morgan fingerprint density at radius 2 is 1.90 bits per heavy atom. The van der Waals surface area contributed by atoms with E-state index in [0.717, 1.165) is 12.4 Å². The van der Waals surface area contributed by atoms with Crippen LogP contribution in [0.5, 0.6) is 0 Å². The zero-order valence-corrected chi connectivity index (χ0v) is 13.2. The lowest BCUT2D eigenvalue weighted by Gasteiger charge is -2.10. The van der Waals surface area contributed by atoms with Gasteiger partial charge in [-0.05, 0) is 22.8 Å². The molecule has 0 bridgehead atoms. The molecule has 0 spiro atoms. The second-order valence-corrected chi connectivity index (χ2v) is 7.13. The highest BCUT2D eigenvalue weighted by molar-refractivity contribution is 8.21. The topological polar surface area (TPSA) is 17.8 Å². The minimum Gasteiger partial charge on any atom is -0.331 e. The summed E-state index contributed by atoms with van der Waals surface area (Å²) in [7, 11) is 0. The standard InChI is InChI=1S/C16H18N2S2/c1-2-3-9-18-10-8-17-15(18)13-4-6-14(7-5-13)16-19-11-12-20-16/h4-8,10-12,16H,2-3,9H2,1H3. The number of thioether (sulfide) groups is 2. The lowest BCUT2D eigenvalue weighted by Crippen LogP contribution is -1.99. The summed E-state index contributed by atoms with van der Waals surface area (Å²) in [6.07, 6.45) is 6.37. The molecule has 104 valence electrons. The molecule has 0 amide bonds. The van der Waals surface area contributed by atoms with Crippen LogP contribution in [-0.2, 0) is 6.54 Å². The summed E-state index contributed by atoms with van der Waals surface area (Å²) in [4.78, 5) is 4.51. The number of aromatic nitrogens is 2. The second-order valence-electron chi connectivity index (χ2n) is 4.80. The highest BCUT2D eigenvalue weighted by Gasteiger charge is 2.14. The fourth-order valence-electron chi connectivity index (χ4n) is 2.26. The number of hydrogen-bond acceptors (Lipinski definition) is 3. The van der Waals surface area contributed by atoms with Gasteiger partial charge < -0.3 is 4.57 Å². The van der Waals surface area contributed by atoms with Gasteiger partial charge in [-0.3, -0.25) is 0 Å². The molecule has 1 aliphatic rings. The van der Waals surface area contributed by atoms with Crippen LogP contribution in [0.1, 0.15) is 29.9 Å². The molecule has 4 heteroatoms. The van der Waals surface area contributed by atoms with Crippen LogP contribution in [-0.4, -0.2) is 9.55 Å².